The number of hydrogen-bond donors (Lipinski definition) is 1. The molecule has 0 bridgehead atoms. The SMILES string of the molecule is COc1ccc(OC)c(C(c2ccc3cnccc3c2)N2CCCC2C(=O)O)c1. The fourth-order valence-electron chi connectivity index (χ4n) is 4.24. The summed E-state index contributed by atoms with van der Waals surface area (Å²) in [7, 11) is 3.26. The lowest BCUT2D eigenvalue weighted by molar-refractivity contribution is -0.142. The van der Waals surface area contributed by atoms with Crippen LogP contribution in [0, 0.1) is 0 Å². The number of methoxy groups -OCH3 is 2. The second kappa shape index (κ2) is 8.09. The van der Waals surface area contributed by atoms with Crippen molar-refractivity contribution in [2.24, 2.45) is 0 Å². The van der Waals surface area contributed by atoms with E-state index in [0.717, 1.165) is 28.3 Å². The van der Waals surface area contributed by atoms with Crippen LogP contribution in [0.1, 0.15) is 30.0 Å². The van der Waals surface area contributed by atoms with Crippen LogP contribution in [0.2, 0.25) is 0 Å². The van der Waals surface area contributed by atoms with Gasteiger partial charge in [-0.05, 0) is 54.1 Å². The van der Waals surface area contributed by atoms with Gasteiger partial charge in [-0.1, -0.05) is 12.1 Å². The van der Waals surface area contributed by atoms with Gasteiger partial charge in [-0.3, -0.25) is 14.7 Å². The lowest BCUT2D eigenvalue weighted by Gasteiger charge is -2.33. The number of pyridine rings is 1. The largest absolute Gasteiger partial charge is 0.497 e. The number of nitrogens with zero attached hydrogens (tertiary/aromatic N) is 2. The second-order valence-corrected chi connectivity index (χ2v) is 7.23. The van der Waals surface area contributed by atoms with E-state index in [9.17, 15) is 9.90 Å². The van der Waals surface area contributed by atoms with Gasteiger partial charge in [0.25, 0.3) is 0 Å². The molecule has 1 aliphatic rings. The highest BCUT2D eigenvalue weighted by molar-refractivity contribution is 5.82. The van der Waals surface area contributed by atoms with Gasteiger partial charge in [0.2, 0.25) is 0 Å². The lowest BCUT2D eigenvalue weighted by atomic mass is 9.93. The van der Waals surface area contributed by atoms with Crippen molar-refractivity contribution in [3.63, 3.8) is 0 Å². The third-order valence-electron chi connectivity index (χ3n) is 5.62. The Morgan fingerprint density at radius 3 is 2.76 bits per heavy atom. The highest BCUT2D eigenvalue weighted by Gasteiger charge is 2.38. The van der Waals surface area contributed by atoms with Gasteiger partial charge in [0.05, 0.1) is 20.3 Å². The predicted molar refractivity (Wildman–Crippen MR) is 110 cm³/mol. The molecular weight excluding hydrogens is 368 g/mol. The van der Waals surface area contributed by atoms with E-state index < -0.39 is 12.0 Å². The van der Waals surface area contributed by atoms with E-state index in [1.165, 1.54) is 0 Å². The van der Waals surface area contributed by atoms with Gasteiger partial charge in [0.15, 0.2) is 0 Å². The van der Waals surface area contributed by atoms with E-state index in [1.807, 2.05) is 42.6 Å². The fourth-order valence-corrected chi connectivity index (χ4v) is 4.24. The Kier molecular flexibility index (Phi) is 5.36. The molecule has 0 spiro atoms. The maximum absolute atomic E-state index is 12.0. The fraction of sp³-hybridized carbons (Fsp3) is 0.304. The molecule has 2 atom stereocenters. The Labute approximate surface area is 169 Å². The second-order valence-electron chi connectivity index (χ2n) is 7.23. The molecule has 0 saturated carbocycles. The zero-order chi connectivity index (χ0) is 20.4. The molecule has 0 radical (unpaired) electrons. The molecule has 2 heterocycles. The number of ether oxygens (including phenoxy) is 2. The molecule has 1 saturated heterocycles. The minimum absolute atomic E-state index is 0.263. The van der Waals surface area contributed by atoms with E-state index >= 15 is 0 Å². The first kappa shape index (κ1) is 19.2. The van der Waals surface area contributed by atoms with Crippen LogP contribution in [0.4, 0.5) is 0 Å². The minimum atomic E-state index is -0.792. The summed E-state index contributed by atoms with van der Waals surface area (Å²) in [4.78, 5) is 18.2. The number of carboxylic acid groups (broad SMARTS) is 1. The topological polar surface area (TPSA) is 71.9 Å². The molecule has 150 valence electrons. The molecule has 2 unspecified atom stereocenters. The summed E-state index contributed by atoms with van der Waals surface area (Å²) >= 11 is 0. The molecule has 1 aliphatic heterocycles. The summed E-state index contributed by atoms with van der Waals surface area (Å²) in [5, 5.41) is 11.9. The molecule has 1 aromatic heterocycles. The number of rotatable bonds is 6. The average molecular weight is 392 g/mol. The number of carbonyl (C=O) groups is 1. The molecule has 4 rings (SSSR count). The number of carboxylic acids is 1. The van der Waals surface area contributed by atoms with E-state index in [1.54, 1.807) is 20.4 Å². The van der Waals surface area contributed by atoms with Crippen molar-refractivity contribution < 1.29 is 19.4 Å². The van der Waals surface area contributed by atoms with Crippen LogP contribution in [0.15, 0.2) is 54.9 Å². The maximum Gasteiger partial charge on any atom is 0.320 e. The first-order valence-corrected chi connectivity index (χ1v) is 9.66. The smallest absolute Gasteiger partial charge is 0.320 e. The highest BCUT2D eigenvalue weighted by atomic mass is 16.5. The van der Waals surface area contributed by atoms with Gasteiger partial charge in [0, 0.05) is 29.9 Å². The maximum atomic E-state index is 12.0. The number of aliphatic carboxylic acids is 1. The third kappa shape index (κ3) is 3.63. The molecule has 6 heteroatoms. The summed E-state index contributed by atoms with van der Waals surface area (Å²) in [6.07, 6.45) is 5.08. The summed E-state index contributed by atoms with van der Waals surface area (Å²) in [6, 6.07) is 13.0. The van der Waals surface area contributed by atoms with Crippen LogP contribution >= 0.6 is 0 Å². The predicted octanol–water partition coefficient (Wildman–Crippen LogP) is 3.89. The average Bonchev–Trinajstić information content (AvgIpc) is 3.23. The van der Waals surface area contributed by atoms with Gasteiger partial charge < -0.3 is 14.6 Å². The Morgan fingerprint density at radius 2 is 2.00 bits per heavy atom. The number of aromatic nitrogens is 1. The summed E-state index contributed by atoms with van der Waals surface area (Å²) in [5.74, 6) is 0.628. The molecule has 1 fully saturated rings. The van der Waals surface area contributed by atoms with Gasteiger partial charge in [-0.25, -0.2) is 0 Å². The molecule has 0 amide bonds. The Bertz CT molecular complexity index is 1040. The first-order valence-electron chi connectivity index (χ1n) is 9.66. The lowest BCUT2D eigenvalue weighted by Crippen LogP contribution is -2.39. The van der Waals surface area contributed by atoms with E-state index in [2.05, 4.69) is 16.0 Å². The number of hydrogen-bond acceptors (Lipinski definition) is 5. The quantitative estimate of drug-likeness (QED) is 0.686. The standard InChI is InChI=1S/C23H24N2O4/c1-28-18-7-8-21(29-2)19(13-18)22(25-11-3-4-20(25)23(26)27)16-5-6-17-14-24-10-9-15(17)12-16/h5-10,12-14,20,22H,3-4,11H2,1-2H3,(H,26,27). The Morgan fingerprint density at radius 1 is 1.14 bits per heavy atom. The molecule has 0 aliphatic carbocycles. The van der Waals surface area contributed by atoms with Gasteiger partial charge in [-0.15, -0.1) is 0 Å². The van der Waals surface area contributed by atoms with E-state index in [-0.39, 0.29) is 6.04 Å². The van der Waals surface area contributed by atoms with Gasteiger partial charge in [-0.2, -0.15) is 0 Å². The van der Waals surface area contributed by atoms with Crippen LogP contribution in [0.25, 0.3) is 10.8 Å². The van der Waals surface area contributed by atoms with E-state index in [4.69, 9.17) is 9.47 Å². The Balaban J connectivity index is 1.91. The molecule has 29 heavy (non-hydrogen) atoms. The molecule has 2 aromatic carbocycles. The van der Waals surface area contributed by atoms with Crippen molar-refractivity contribution in [2.45, 2.75) is 24.9 Å². The van der Waals surface area contributed by atoms with Crippen LogP contribution in [-0.2, 0) is 4.79 Å². The molecule has 3 aromatic rings. The van der Waals surface area contributed by atoms with Crippen molar-refractivity contribution in [2.75, 3.05) is 20.8 Å². The van der Waals surface area contributed by atoms with Crippen LogP contribution < -0.4 is 9.47 Å². The van der Waals surface area contributed by atoms with Gasteiger partial charge >= 0.3 is 5.97 Å². The van der Waals surface area contributed by atoms with Gasteiger partial charge in [0.1, 0.15) is 17.5 Å². The van der Waals surface area contributed by atoms with Crippen LogP contribution in [0.3, 0.4) is 0 Å². The molecule has 6 nitrogen and oxygen atoms in total. The number of benzene rings is 2. The molecule has 1 N–H and O–H groups in total. The Hall–Kier alpha value is -3.12. The highest BCUT2D eigenvalue weighted by Crippen LogP contribution is 2.41. The summed E-state index contributed by atoms with van der Waals surface area (Å²) in [5.41, 5.74) is 1.91. The summed E-state index contributed by atoms with van der Waals surface area (Å²) < 4.78 is 11.1. The van der Waals surface area contributed by atoms with Crippen LogP contribution in [-0.4, -0.2) is 47.8 Å². The summed E-state index contributed by atoms with van der Waals surface area (Å²) in [6.45, 7) is 0.705. The van der Waals surface area contributed by atoms with Crippen molar-refractivity contribution in [1.29, 1.82) is 0 Å². The monoisotopic (exact) mass is 392 g/mol. The van der Waals surface area contributed by atoms with Crippen molar-refractivity contribution in [3.8, 4) is 11.5 Å². The number of fused-ring (bicyclic) bond motifs is 1. The third-order valence-corrected chi connectivity index (χ3v) is 5.62. The van der Waals surface area contributed by atoms with Crippen molar-refractivity contribution in [1.82, 2.24) is 9.88 Å². The number of likely N-dealkylation sites (tertiary alicyclic amines) is 1. The van der Waals surface area contributed by atoms with Crippen LogP contribution in [0.5, 0.6) is 11.5 Å². The van der Waals surface area contributed by atoms with E-state index in [0.29, 0.717) is 24.5 Å². The first-order chi connectivity index (χ1) is 14.1. The normalized spacial score (nSPS) is 17.9. The minimum Gasteiger partial charge on any atom is -0.497 e. The van der Waals surface area contributed by atoms with Crippen molar-refractivity contribution in [3.05, 3.63) is 66.0 Å². The van der Waals surface area contributed by atoms with Crippen molar-refractivity contribution >= 4 is 16.7 Å². The zero-order valence-corrected chi connectivity index (χ0v) is 16.5. The molecular formula is C23H24N2O4. The zero-order valence-electron chi connectivity index (χ0n) is 16.5.